The topological polar surface area (TPSA) is 44.0 Å². The molecule has 88 valence electrons. The fraction of sp³-hybridized carbons (Fsp3) is 0.750. The van der Waals surface area contributed by atoms with Crippen molar-refractivity contribution in [3.8, 4) is 0 Å². The first-order valence-electron chi connectivity index (χ1n) is 6.31. The van der Waals surface area contributed by atoms with Gasteiger partial charge in [0.25, 0.3) is 0 Å². The smallest absolute Gasteiger partial charge is 0.148 e. The van der Waals surface area contributed by atoms with E-state index in [4.69, 9.17) is 0 Å². The highest BCUT2D eigenvalue weighted by atomic mass is 15.2. The second-order valence-corrected chi connectivity index (χ2v) is 5.20. The zero-order chi connectivity index (χ0) is 11.0. The minimum absolute atomic E-state index is 0.679. The van der Waals surface area contributed by atoms with Crippen molar-refractivity contribution in [3.05, 3.63) is 11.8 Å². The summed E-state index contributed by atoms with van der Waals surface area (Å²) in [5.74, 6) is 1.72. The summed E-state index contributed by atoms with van der Waals surface area (Å²) in [6.07, 6.45) is 5.11. The van der Waals surface area contributed by atoms with E-state index in [1.165, 1.54) is 44.5 Å². The molecule has 16 heavy (non-hydrogen) atoms. The average molecular weight is 220 g/mol. The minimum atomic E-state index is 0.679. The highest BCUT2D eigenvalue weighted by Gasteiger charge is 2.23. The quantitative estimate of drug-likeness (QED) is 0.816. The van der Waals surface area contributed by atoms with Crippen LogP contribution in [0.1, 0.15) is 37.3 Å². The molecule has 2 heterocycles. The number of nitrogens with one attached hydrogen (secondary N) is 2. The Morgan fingerprint density at radius 2 is 2.06 bits per heavy atom. The van der Waals surface area contributed by atoms with E-state index in [0.717, 1.165) is 5.82 Å². The summed E-state index contributed by atoms with van der Waals surface area (Å²) in [6, 6.07) is 2.89. The highest BCUT2D eigenvalue weighted by molar-refractivity contribution is 5.38. The molecule has 0 radical (unpaired) electrons. The van der Waals surface area contributed by atoms with Crippen molar-refractivity contribution in [2.45, 2.75) is 37.6 Å². The van der Waals surface area contributed by atoms with E-state index < -0.39 is 0 Å². The number of aromatic amines is 1. The number of aromatic nitrogens is 2. The second kappa shape index (κ2) is 4.09. The van der Waals surface area contributed by atoms with Crippen LogP contribution in [0.4, 0.5) is 5.82 Å². The largest absolute Gasteiger partial charge is 0.366 e. The Labute approximate surface area is 96.4 Å². The summed E-state index contributed by atoms with van der Waals surface area (Å²) in [7, 11) is 2.20. The van der Waals surface area contributed by atoms with Crippen LogP contribution < -0.4 is 5.32 Å². The zero-order valence-electron chi connectivity index (χ0n) is 9.87. The number of H-pyrrole nitrogens is 1. The molecule has 0 unspecified atom stereocenters. The monoisotopic (exact) mass is 220 g/mol. The Balaban J connectivity index is 1.62. The molecule has 1 saturated carbocycles. The third kappa shape index (κ3) is 2.21. The summed E-state index contributed by atoms with van der Waals surface area (Å²) < 4.78 is 0. The van der Waals surface area contributed by atoms with Crippen LogP contribution in [0, 0.1) is 0 Å². The van der Waals surface area contributed by atoms with Crippen LogP contribution in [0.15, 0.2) is 6.07 Å². The lowest BCUT2D eigenvalue weighted by Crippen LogP contribution is -2.29. The first-order chi connectivity index (χ1) is 7.81. The molecule has 4 heteroatoms. The molecule has 3 rings (SSSR count). The first kappa shape index (κ1) is 10.1. The molecule has 2 fully saturated rings. The lowest BCUT2D eigenvalue weighted by molar-refractivity contribution is 0.253. The lowest BCUT2D eigenvalue weighted by Gasteiger charge is -2.27. The van der Waals surface area contributed by atoms with E-state index in [9.17, 15) is 0 Å². The van der Waals surface area contributed by atoms with Gasteiger partial charge in [-0.05, 0) is 45.8 Å². The van der Waals surface area contributed by atoms with Gasteiger partial charge in [0.05, 0.1) is 0 Å². The summed E-state index contributed by atoms with van der Waals surface area (Å²) in [5, 5.41) is 11.0. The SMILES string of the molecule is CN1CCC(c2cc(NC3CC3)n[nH]2)CC1. The molecule has 1 saturated heterocycles. The summed E-state index contributed by atoms with van der Waals surface area (Å²) in [4.78, 5) is 2.40. The van der Waals surface area contributed by atoms with Gasteiger partial charge in [-0.2, -0.15) is 5.10 Å². The molecule has 4 nitrogen and oxygen atoms in total. The lowest BCUT2D eigenvalue weighted by atomic mass is 9.94. The number of rotatable bonds is 3. The Hall–Kier alpha value is -1.03. The molecule has 2 N–H and O–H groups in total. The standard InChI is InChI=1S/C12H20N4/c1-16-6-4-9(5-7-16)11-8-12(15-14-11)13-10-2-3-10/h8-10H,2-7H2,1H3,(H2,13,14,15). The van der Waals surface area contributed by atoms with E-state index >= 15 is 0 Å². The molecule has 0 amide bonds. The number of likely N-dealkylation sites (tertiary alicyclic amines) is 1. The molecule has 1 aliphatic heterocycles. The van der Waals surface area contributed by atoms with Gasteiger partial charge >= 0.3 is 0 Å². The molecular formula is C12H20N4. The van der Waals surface area contributed by atoms with Gasteiger partial charge in [0.1, 0.15) is 5.82 Å². The maximum Gasteiger partial charge on any atom is 0.148 e. The van der Waals surface area contributed by atoms with Crippen LogP contribution in [0.25, 0.3) is 0 Å². The van der Waals surface area contributed by atoms with Crippen molar-refractivity contribution in [3.63, 3.8) is 0 Å². The van der Waals surface area contributed by atoms with Gasteiger partial charge in [0.15, 0.2) is 0 Å². The van der Waals surface area contributed by atoms with Gasteiger partial charge in [-0.1, -0.05) is 0 Å². The number of anilines is 1. The van der Waals surface area contributed by atoms with E-state index in [1.807, 2.05) is 0 Å². The normalized spacial score (nSPS) is 23.6. The predicted octanol–water partition coefficient (Wildman–Crippen LogP) is 1.79. The number of nitrogens with zero attached hydrogens (tertiary/aromatic N) is 2. The number of hydrogen-bond donors (Lipinski definition) is 2. The Morgan fingerprint density at radius 3 is 2.75 bits per heavy atom. The average Bonchev–Trinajstić information content (AvgIpc) is 2.97. The zero-order valence-corrected chi connectivity index (χ0v) is 9.87. The Bertz CT molecular complexity index is 348. The maximum absolute atomic E-state index is 4.34. The van der Waals surface area contributed by atoms with Crippen molar-refractivity contribution in [2.24, 2.45) is 0 Å². The summed E-state index contributed by atoms with van der Waals surface area (Å²) >= 11 is 0. The van der Waals surface area contributed by atoms with Crippen LogP contribution in [0.2, 0.25) is 0 Å². The van der Waals surface area contributed by atoms with Crippen LogP contribution in [-0.4, -0.2) is 41.3 Å². The minimum Gasteiger partial charge on any atom is -0.366 e. The number of piperidine rings is 1. The van der Waals surface area contributed by atoms with E-state index in [1.54, 1.807) is 0 Å². The highest BCUT2D eigenvalue weighted by Crippen LogP contribution is 2.29. The predicted molar refractivity (Wildman–Crippen MR) is 64.7 cm³/mol. The van der Waals surface area contributed by atoms with Crippen LogP contribution in [0.5, 0.6) is 0 Å². The van der Waals surface area contributed by atoms with E-state index in [0.29, 0.717) is 12.0 Å². The fourth-order valence-electron chi connectivity index (χ4n) is 2.38. The van der Waals surface area contributed by atoms with Gasteiger partial charge in [-0.3, -0.25) is 5.10 Å². The van der Waals surface area contributed by atoms with Crippen molar-refractivity contribution in [2.75, 3.05) is 25.5 Å². The molecule has 0 atom stereocenters. The molecule has 0 aromatic carbocycles. The molecular weight excluding hydrogens is 200 g/mol. The van der Waals surface area contributed by atoms with Crippen molar-refractivity contribution in [1.82, 2.24) is 15.1 Å². The number of hydrogen-bond acceptors (Lipinski definition) is 3. The second-order valence-electron chi connectivity index (χ2n) is 5.20. The van der Waals surface area contributed by atoms with Crippen LogP contribution in [0.3, 0.4) is 0 Å². The van der Waals surface area contributed by atoms with Crippen molar-refractivity contribution >= 4 is 5.82 Å². The third-order valence-electron chi connectivity index (χ3n) is 3.69. The van der Waals surface area contributed by atoms with Gasteiger partial charge < -0.3 is 10.2 Å². The van der Waals surface area contributed by atoms with Crippen molar-refractivity contribution in [1.29, 1.82) is 0 Å². The van der Waals surface area contributed by atoms with Gasteiger partial charge in [0.2, 0.25) is 0 Å². The van der Waals surface area contributed by atoms with E-state index in [2.05, 4.69) is 33.5 Å². The molecule has 1 aromatic heterocycles. The first-order valence-corrected chi connectivity index (χ1v) is 6.31. The Morgan fingerprint density at radius 1 is 1.31 bits per heavy atom. The molecule has 0 bridgehead atoms. The van der Waals surface area contributed by atoms with Crippen LogP contribution in [-0.2, 0) is 0 Å². The van der Waals surface area contributed by atoms with Gasteiger partial charge in [-0.15, -0.1) is 0 Å². The van der Waals surface area contributed by atoms with Crippen LogP contribution >= 0.6 is 0 Å². The van der Waals surface area contributed by atoms with Gasteiger partial charge in [0, 0.05) is 23.7 Å². The molecule has 0 spiro atoms. The molecule has 1 aliphatic carbocycles. The maximum atomic E-state index is 4.34. The Kier molecular flexibility index (Phi) is 2.59. The fourth-order valence-corrected chi connectivity index (χ4v) is 2.38. The molecule has 1 aromatic rings. The molecule has 2 aliphatic rings. The summed E-state index contributed by atoms with van der Waals surface area (Å²) in [5.41, 5.74) is 1.32. The van der Waals surface area contributed by atoms with Gasteiger partial charge in [-0.25, -0.2) is 0 Å². The summed E-state index contributed by atoms with van der Waals surface area (Å²) in [6.45, 7) is 2.41. The van der Waals surface area contributed by atoms with Crippen molar-refractivity contribution < 1.29 is 0 Å². The third-order valence-corrected chi connectivity index (χ3v) is 3.69. The van der Waals surface area contributed by atoms with E-state index in [-0.39, 0.29) is 0 Å².